The average Bonchev–Trinajstić information content (AvgIpc) is 3.55. The first-order valence-electron chi connectivity index (χ1n) is 29.1. The maximum atomic E-state index is 15.5. The Bertz CT molecular complexity index is 2870. The van der Waals surface area contributed by atoms with E-state index in [0.29, 0.717) is 98.3 Å². The molecule has 4 heterocycles. The van der Waals surface area contributed by atoms with Crippen LogP contribution in [-0.4, -0.2) is 105 Å². The first-order chi connectivity index (χ1) is 37.6. The van der Waals surface area contributed by atoms with Gasteiger partial charge in [0.2, 0.25) is 0 Å². The third-order valence-electron chi connectivity index (χ3n) is 17.6. The van der Waals surface area contributed by atoms with Crippen molar-refractivity contribution in [3.05, 3.63) is 96.1 Å². The molecule has 2 saturated carbocycles. The first kappa shape index (κ1) is 55.0. The Kier molecular flexibility index (Phi) is 16.9. The first-order valence-corrected chi connectivity index (χ1v) is 29.1. The third kappa shape index (κ3) is 12.2. The lowest BCUT2D eigenvalue weighted by atomic mass is 9.75. The Morgan fingerprint density at radius 3 is 1.29 bits per heavy atom. The average molecular weight is 1060 g/mol. The summed E-state index contributed by atoms with van der Waals surface area (Å²) in [5.41, 5.74) is 4.92. The summed E-state index contributed by atoms with van der Waals surface area (Å²) in [6.07, 6.45) is 5.63. The molecule has 8 unspecified atom stereocenters. The number of fused-ring (bicyclic) bond motifs is 2. The number of rotatable bonds is 15. The van der Waals surface area contributed by atoms with Gasteiger partial charge in [0.15, 0.2) is 23.9 Å². The number of benzene rings is 4. The highest BCUT2D eigenvalue weighted by Gasteiger charge is 2.45. The predicted molar refractivity (Wildman–Crippen MR) is 310 cm³/mol. The fourth-order valence-electron chi connectivity index (χ4n) is 13.0. The highest BCUT2D eigenvalue weighted by atomic mass is 16.6. The molecule has 6 aromatic rings. The van der Waals surface area contributed by atoms with E-state index in [4.69, 9.17) is 29.4 Å². The Morgan fingerprint density at radius 1 is 0.538 bits per heavy atom. The van der Waals surface area contributed by atoms with Gasteiger partial charge in [0, 0.05) is 49.0 Å². The summed E-state index contributed by atoms with van der Waals surface area (Å²) in [5.74, 6) is 4.12. The van der Waals surface area contributed by atoms with Crippen LogP contribution in [0.25, 0.3) is 44.6 Å². The number of carbonyl (C=O) groups is 2. The summed E-state index contributed by atoms with van der Waals surface area (Å²) in [6.45, 7) is 20.1. The van der Waals surface area contributed by atoms with E-state index in [1.54, 1.807) is 24.3 Å². The van der Waals surface area contributed by atoms with Crippen LogP contribution in [0.5, 0.6) is 11.5 Å². The van der Waals surface area contributed by atoms with Gasteiger partial charge in [-0.2, -0.15) is 0 Å². The van der Waals surface area contributed by atoms with Gasteiger partial charge in [-0.1, -0.05) is 90.8 Å². The number of para-hydroxylation sites is 2. The van der Waals surface area contributed by atoms with Crippen LogP contribution in [0.15, 0.2) is 84.9 Å². The van der Waals surface area contributed by atoms with E-state index in [2.05, 4.69) is 98.4 Å². The van der Waals surface area contributed by atoms with Crippen molar-refractivity contribution < 1.29 is 29.3 Å². The molecule has 4 aliphatic rings. The Morgan fingerprint density at radius 2 is 0.923 bits per heavy atom. The van der Waals surface area contributed by atoms with E-state index in [9.17, 15) is 10.2 Å². The SMILES string of the molecule is Cc1ccc2c(N3CCC(NC(=O)C(OC4CC(C)CCC4C(C)C)C(OC4CC(C)CCC4C(C)C)C(=O)NC4CCN(c5nc(-c6ccccc6O)nc6cc(C)ccc56)CC4)CC3)nc(-c3ccccc3O)nc2c1. The highest BCUT2D eigenvalue weighted by molar-refractivity contribution is 5.94. The maximum absolute atomic E-state index is 15.5. The zero-order valence-corrected chi connectivity index (χ0v) is 47.1. The summed E-state index contributed by atoms with van der Waals surface area (Å²) >= 11 is 0. The number of hydrogen-bond donors (Lipinski definition) is 4. The lowest BCUT2D eigenvalue weighted by molar-refractivity contribution is -0.185. The fraction of sp³-hybridized carbons (Fsp3) is 0.531. The van der Waals surface area contributed by atoms with Gasteiger partial charge >= 0.3 is 0 Å². The zero-order chi connectivity index (χ0) is 54.8. The van der Waals surface area contributed by atoms with Crippen molar-refractivity contribution in [2.24, 2.45) is 35.5 Å². The molecule has 8 atom stereocenters. The number of phenols is 2. The minimum Gasteiger partial charge on any atom is -0.507 e. The van der Waals surface area contributed by atoms with Crippen molar-refractivity contribution in [2.75, 3.05) is 36.0 Å². The van der Waals surface area contributed by atoms with Crippen molar-refractivity contribution in [2.45, 2.75) is 156 Å². The topological polar surface area (TPSA) is 175 Å². The van der Waals surface area contributed by atoms with Crippen molar-refractivity contribution in [1.82, 2.24) is 30.6 Å². The minimum atomic E-state index is -1.18. The maximum Gasteiger partial charge on any atom is 0.252 e. The van der Waals surface area contributed by atoms with E-state index >= 15 is 9.59 Å². The van der Waals surface area contributed by atoms with Crippen LogP contribution in [0.2, 0.25) is 0 Å². The molecule has 2 aromatic heterocycles. The van der Waals surface area contributed by atoms with Gasteiger partial charge < -0.3 is 40.1 Å². The summed E-state index contributed by atoms with van der Waals surface area (Å²) in [7, 11) is 0. The smallest absolute Gasteiger partial charge is 0.252 e. The molecular formula is C64H82N8O6. The highest BCUT2D eigenvalue weighted by Crippen LogP contribution is 2.41. The molecule has 0 spiro atoms. The lowest BCUT2D eigenvalue weighted by Gasteiger charge is -2.43. The molecule has 10 rings (SSSR count). The molecule has 0 bridgehead atoms. The summed E-state index contributed by atoms with van der Waals surface area (Å²) in [4.78, 5) is 55.5. The molecule has 2 amide bonds. The number of nitrogens with one attached hydrogen (secondary N) is 2. The van der Waals surface area contributed by atoms with Crippen LogP contribution >= 0.6 is 0 Å². The van der Waals surface area contributed by atoms with Crippen LogP contribution in [0, 0.1) is 49.4 Å². The Hall–Kier alpha value is -6.38. The number of amides is 2. The van der Waals surface area contributed by atoms with Crippen molar-refractivity contribution in [3.8, 4) is 34.3 Å². The summed E-state index contributed by atoms with van der Waals surface area (Å²) in [6, 6.07) is 26.4. The molecule has 4 aromatic carbocycles. The van der Waals surface area contributed by atoms with Gasteiger partial charge in [-0.25, -0.2) is 19.9 Å². The van der Waals surface area contributed by atoms with Crippen LogP contribution < -0.4 is 20.4 Å². The van der Waals surface area contributed by atoms with Crippen molar-refractivity contribution in [1.29, 1.82) is 0 Å². The second-order valence-electron chi connectivity index (χ2n) is 24.2. The molecule has 14 nitrogen and oxygen atoms in total. The number of ether oxygens (including phenoxy) is 2. The quantitative estimate of drug-likeness (QED) is 0.0767. The predicted octanol–water partition coefficient (Wildman–Crippen LogP) is 11.5. The van der Waals surface area contributed by atoms with Gasteiger partial charge in [0.05, 0.1) is 34.4 Å². The van der Waals surface area contributed by atoms with Crippen LogP contribution in [0.4, 0.5) is 11.6 Å². The molecule has 14 heteroatoms. The molecule has 2 aliphatic heterocycles. The van der Waals surface area contributed by atoms with Crippen molar-refractivity contribution in [3.63, 3.8) is 0 Å². The standard InChI is InChI=1S/C64H82N8O6/c1-37(2)45-21-17-41(7)35-55(45)77-57(63(75)65-43-25-29-71(30-26-43)61-47-23-19-39(5)33-51(47)67-59(69-61)49-13-9-11-15-53(49)73)58(78-56-36-42(8)18-22-46(56)38(3)4)64(76)66-44-27-31-72(32-28-44)62-48-24-20-40(6)34-52(48)68-60(70-62)50-14-10-12-16-54(50)74/h9-16,19-20,23-24,33-34,37-38,41-46,55-58,73-74H,17-18,21-22,25-32,35-36H2,1-8H3,(H,65,75)(H,66,76). The number of phenolic OH excluding ortho intramolecular Hbond substituents is 2. The van der Waals surface area contributed by atoms with E-state index in [1.807, 2.05) is 38.1 Å². The number of aromatic hydroxyl groups is 2. The lowest BCUT2D eigenvalue weighted by Crippen LogP contribution is -2.59. The largest absolute Gasteiger partial charge is 0.507 e. The molecule has 4 fully saturated rings. The van der Waals surface area contributed by atoms with Crippen LogP contribution in [0.3, 0.4) is 0 Å². The molecule has 414 valence electrons. The second-order valence-corrected chi connectivity index (χ2v) is 24.2. The molecule has 78 heavy (non-hydrogen) atoms. The number of hydrogen-bond acceptors (Lipinski definition) is 12. The van der Waals surface area contributed by atoms with E-state index in [-0.39, 0.29) is 59.4 Å². The van der Waals surface area contributed by atoms with Gasteiger partial charge in [0.25, 0.3) is 11.8 Å². The monoisotopic (exact) mass is 1060 g/mol. The Labute approximate surface area is 461 Å². The van der Waals surface area contributed by atoms with Crippen molar-refractivity contribution >= 4 is 45.3 Å². The minimum absolute atomic E-state index is 0.124. The van der Waals surface area contributed by atoms with Gasteiger partial charge in [-0.3, -0.25) is 9.59 Å². The summed E-state index contributed by atoms with van der Waals surface area (Å²) in [5, 5.41) is 30.5. The number of anilines is 2. The van der Waals surface area contributed by atoms with E-state index in [0.717, 1.165) is 83.1 Å². The van der Waals surface area contributed by atoms with Gasteiger partial charge in [-0.05, 0) is 160 Å². The molecule has 4 N–H and O–H groups in total. The van der Waals surface area contributed by atoms with E-state index < -0.39 is 12.2 Å². The van der Waals surface area contributed by atoms with Gasteiger partial charge in [0.1, 0.15) is 23.1 Å². The summed E-state index contributed by atoms with van der Waals surface area (Å²) < 4.78 is 14.6. The zero-order valence-electron chi connectivity index (χ0n) is 47.1. The second kappa shape index (κ2) is 23.9. The fourth-order valence-corrected chi connectivity index (χ4v) is 13.0. The number of aromatic nitrogens is 4. The number of carbonyl (C=O) groups excluding carboxylic acids is 2. The normalized spacial score (nSPS) is 23.5. The number of nitrogens with zero attached hydrogens (tertiary/aromatic N) is 6. The van der Waals surface area contributed by atoms with Crippen LogP contribution in [0.1, 0.15) is 117 Å². The molecule has 0 radical (unpaired) electrons. The molecular weight excluding hydrogens is 977 g/mol. The number of piperidine rings is 2. The molecule has 2 aliphatic carbocycles. The molecule has 2 saturated heterocycles. The number of aryl methyl sites for hydroxylation is 2. The van der Waals surface area contributed by atoms with Crippen LogP contribution in [-0.2, 0) is 19.1 Å². The Balaban J connectivity index is 0.920. The van der Waals surface area contributed by atoms with Gasteiger partial charge in [-0.15, -0.1) is 0 Å². The third-order valence-corrected chi connectivity index (χ3v) is 17.6. The van der Waals surface area contributed by atoms with E-state index in [1.165, 1.54) is 0 Å².